The van der Waals surface area contributed by atoms with E-state index >= 15 is 0 Å². The van der Waals surface area contributed by atoms with E-state index < -0.39 is 0 Å². The highest BCUT2D eigenvalue weighted by Crippen LogP contribution is 2.00. The summed E-state index contributed by atoms with van der Waals surface area (Å²) in [6.45, 7) is 0.653. The predicted molar refractivity (Wildman–Crippen MR) is 74.4 cm³/mol. The van der Waals surface area contributed by atoms with E-state index in [-0.39, 0.29) is 6.61 Å². The lowest BCUT2D eigenvalue weighted by Crippen LogP contribution is -2.41. The first kappa shape index (κ1) is 11.9. The lowest BCUT2D eigenvalue weighted by atomic mass is 9.38. The summed E-state index contributed by atoms with van der Waals surface area (Å²) in [4.78, 5) is 0. The highest BCUT2D eigenvalue weighted by molar-refractivity contribution is 6.85. The summed E-state index contributed by atoms with van der Waals surface area (Å²) in [6.07, 6.45) is 1.83. The molecule has 2 heteroatoms. The molecule has 1 nitrogen and oxygen atoms in total. The Morgan fingerprint density at radius 1 is 0.765 bits per heavy atom. The molecule has 17 heavy (non-hydrogen) atoms. The van der Waals surface area contributed by atoms with Gasteiger partial charge in [0.1, 0.15) is 0 Å². The number of hydrogen-bond donors (Lipinski definition) is 1. The molecule has 0 aliphatic heterocycles. The van der Waals surface area contributed by atoms with Crippen molar-refractivity contribution in [3.8, 4) is 0 Å². The van der Waals surface area contributed by atoms with E-state index in [1.165, 1.54) is 10.9 Å². The fourth-order valence-corrected chi connectivity index (χ4v) is 2.19. The highest BCUT2D eigenvalue weighted by Gasteiger charge is 2.17. The van der Waals surface area contributed by atoms with E-state index in [9.17, 15) is 0 Å². The van der Waals surface area contributed by atoms with Crippen LogP contribution in [0.25, 0.3) is 0 Å². The zero-order valence-corrected chi connectivity index (χ0v) is 9.92. The molecule has 0 amide bonds. The van der Waals surface area contributed by atoms with Gasteiger partial charge in [0.15, 0.2) is 0 Å². The molecule has 0 fully saturated rings. The van der Waals surface area contributed by atoms with E-state index in [1.54, 1.807) is 0 Å². The molecule has 2 aromatic carbocycles. The Morgan fingerprint density at radius 3 is 1.65 bits per heavy atom. The first-order valence-electron chi connectivity index (χ1n) is 6.12. The standard InChI is InChI=1S/C15H17BO/c17-13-7-12-16(14-8-3-1-4-9-14)15-10-5-2-6-11-15/h1-6,8-11,17H,7,12-13H2. The molecular weight excluding hydrogens is 207 g/mol. The predicted octanol–water partition coefficient (Wildman–Crippen LogP) is 1.68. The van der Waals surface area contributed by atoms with E-state index in [0.717, 1.165) is 12.7 Å². The molecule has 0 unspecified atom stereocenters. The lowest BCUT2D eigenvalue weighted by Gasteiger charge is -2.13. The second kappa shape index (κ2) is 6.26. The van der Waals surface area contributed by atoms with Crippen LogP contribution >= 0.6 is 0 Å². The van der Waals surface area contributed by atoms with E-state index in [4.69, 9.17) is 5.11 Å². The van der Waals surface area contributed by atoms with E-state index in [0.29, 0.717) is 6.71 Å². The van der Waals surface area contributed by atoms with Crippen molar-refractivity contribution < 1.29 is 5.11 Å². The first-order valence-corrected chi connectivity index (χ1v) is 6.12. The van der Waals surface area contributed by atoms with Crippen molar-refractivity contribution in [1.82, 2.24) is 0 Å². The van der Waals surface area contributed by atoms with Gasteiger partial charge in [-0.2, -0.15) is 0 Å². The average Bonchev–Trinajstić information content (AvgIpc) is 2.42. The maximum Gasteiger partial charge on any atom is 0.209 e. The average molecular weight is 224 g/mol. The molecule has 0 aliphatic rings. The smallest absolute Gasteiger partial charge is 0.209 e. The van der Waals surface area contributed by atoms with Gasteiger partial charge in [0.25, 0.3) is 0 Å². The van der Waals surface area contributed by atoms with Crippen LogP contribution < -0.4 is 10.9 Å². The fraction of sp³-hybridized carbons (Fsp3) is 0.200. The summed E-state index contributed by atoms with van der Waals surface area (Å²) < 4.78 is 0. The van der Waals surface area contributed by atoms with Crippen molar-refractivity contribution in [1.29, 1.82) is 0 Å². The van der Waals surface area contributed by atoms with Gasteiger partial charge in [0, 0.05) is 6.61 Å². The molecular formula is C15H17BO. The van der Waals surface area contributed by atoms with Crippen LogP contribution in [0, 0.1) is 0 Å². The molecule has 2 rings (SSSR count). The van der Waals surface area contributed by atoms with Crippen molar-refractivity contribution in [2.24, 2.45) is 0 Å². The fourth-order valence-electron chi connectivity index (χ4n) is 2.19. The molecule has 0 atom stereocenters. The Labute approximate surface area is 103 Å². The Morgan fingerprint density at radius 2 is 1.24 bits per heavy atom. The Balaban J connectivity index is 2.26. The minimum absolute atomic E-state index is 0.260. The topological polar surface area (TPSA) is 20.2 Å². The van der Waals surface area contributed by atoms with Gasteiger partial charge in [-0.15, -0.1) is 0 Å². The molecule has 0 saturated carbocycles. The lowest BCUT2D eigenvalue weighted by molar-refractivity contribution is 0.295. The second-order valence-corrected chi connectivity index (χ2v) is 4.24. The van der Waals surface area contributed by atoms with Gasteiger partial charge >= 0.3 is 0 Å². The Hall–Kier alpha value is -1.54. The van der Waals surface area contributed by atoms with E-state index in [1.807, 2.05) is 12.1 Å². The third kappa shape index (κ3) is 3.21. The maximum absolute atomic E-state index is 9.01. The molecule has 0 aromatic heterocycles. The zero-order valence-electron chi connectivity index (χ0n) is 9.92. The van der Waals surface area contributed by atoms with Crippen LogP contribution in [-0.2, 0) is 0 Å². The van der Waals surface area contributed by atoms with Crippen LogP contribution in [0.15, 0.2) is 60.7 Å². The summed E-state index contributed by atoms with van der Waals surface area (Å²) in [6, 6.07) is 21.0. The molecule has 0 spiro atoms. The summed E-state index contributed by atoms with van der Waals surface area (Å²) in [5, 5.41) is 9.01. The van der Waals surface area contributed by atoms with Crippen molar-refractivity contribution in [2.45, 2.75) is 12.7 Å². The second-order valence-electron chi connectivity index (χ2n) is 4.24. The number of aliphatic hydroxyl groups is 1. The van der Waals surface area contributed by atoms with Crippen LogP contribution in [0.4, 0.5) is 0 Å². The number of aliphatic hydroxyl groups excluding tert-OH is 1. The van der Waals surface area contributed by atoms with Gasteiger partial charge in [-0.05, 0) is 6.42 Å². The third-order valence-electron chi connectivity index (χ3n) is 3.05. The summed E-state index contributed by atoms with van der Waals surface area (Å²) >= 11 is 0. The number of benzene rings is 2. The molecule has 0 saturated heterocycles. The normalized spacial score (nSPS) is 10.2. The van der Waals surface area contributed by atoms with Crippen LogP contribution in [0.5, 0.6) is 0 Å². The largest absolute Gasteiger partial charge is 0.396 e. The molecule has 2 aromatic rings. The molecule has 1 N–H and O–H groups in total. The molecule has 0 heterocycles. The zero-order chi connectivity index (χ0) is 11.9. The van der Waals surface area contributed by atoms with Gasteiger partial charge in [0.05, 0.1) is 0 Å². The third-order valence-corrected chi connectivity index (χ3v) is 3.05. The summed E-state index contributed by atoms with van der Waals surface area (Å²) in [7, 11) is 0. The van der Waals surface area contributed by atoms with Gasteiger partial charge in [-0.1, -0.05) is 77.9 Å². The molecule has 0 bridgehead atoms. The quantitative estimate of drug-likeness (QED) is 0.766. The van der Waals surface area contributed by atoms with E-state index in [2.05, 4.69) is 48.5 Å². The minimum atomic E-state index is 0.260. The van der Waals surface area contributed by atoms with Crippen LogP contribution in [-0.4, -0.2) is 18.4 Å². The molecule has 0 radical (unpaired) electrons. The Kier molecular flexibility index (Phi) is 4.40. The SMILES string of the molecule is OCCCB(c1ccccc1)c1ccccc1. The molecule has 86 valence electrons. The van der Waals surface area contributed by atoms with Crippen LogP contribution in [0.2, 0.25) is 6.32 Å². The van der Waals surface area contributed by atoms with Crippen molar-refractivity contribution in [3.05, 3.63) is 60.7 Å². The maximum atomic E-state index is 9.01. The summed E-state index contributed by atoms with van der Waals surface area (Å²) in [5.41, 5.74) is 2.65. The first-order chi connectivity index (χ1) is 8.42. The van der Waals surface area contributed by atoms with Crippen LogP contribution in [0.3, 0.4) is 0 Å². The van der Waals surface area contributed by atoms with Gasteiger partial charge in [-0.25, -0.2) is 0 Å². The number of rotatable bonds is 5. The van der Waals surface area contributed by atoms with Gasteiger partial charge in [0.2, 0.25) is 6.71 Å². The van der Waals surface area contributed by atoms with Gasteiger partial charge in [-0.3, -0.25) is 0 Å². The highest BCUT2D eigenvalue weighted by atomic mass is 16.2. The summed E-state index contributed by atoms with van der Waals surface area (Å²) in [5.74, 6) is 0. The van der Waals surface area contributed by atoms with Crippen molar-refractivity contribution in [3.63, 3.8) is 0 Å². The van der Waals surface area contributed by atoms with Crippen molar-refractivity contribution >= 4 is 17.6 Å². The molecule has 0 aliphatic carbocycles. The van der Waals surface area contributed by atoms with Crippen molar-refractivity contribution in [2.75, 3.05) is 6.61 Å². The number of hydrogen-bond acceptors (Lipinski definition) is 1. The van der Waals surface area contributed by atoms with Crippen LogP contribution in [0.1, 0.15) is 6.42 Å². The Bertz CT molecular complexity index is 388. The van der Waals surface area contributed by atoms with Gasteiger partial charge < -0.3 is 5.11 Å². The minimum Gasteiger partial charge on any atom is -0.396 e. The monoisotopic (exact) mass is 224 g/mol.